The molecule has 0 radical (unpaired) electrons. The number of hydrogen-bond donors (Lipinski definition) is 3. The molecule has 1 amide bonds. The normalized spacial score (nSPS) is 14.7. The number of amides is 1. The fourth-order valence-corrected chi connectivity index (χ4v) is 3.16. The van der Waals surface area contributed by atoms with Gasteiger partial charge in [-0.25, -0.2) is 0 Å². The maximum absolute atomic E-state index is 10.8. The summed E-state index contributed by atoms with van der Waals surface area (Å²) in [5, 5.41) is 24.1. The Bertz CT molecular complexity index is 457. The lowest BCUT2D eigenvalue weighted by Gasteiger charge is -2.22. The zero-order valence-corrected chi connectivity index (χ0v) is 13.7. The predicted octanol–water partition coefficient (Wildman–Crippen LogP) is 1.15. The predicted molar refractivity (Wildman–Crippen MR) is 83.7 cm³/mol. The number of carbonyl (C=O) groups excluding carboxylic acids is 1. The molecule has 0 heterocycles. The molecule has 3 N–H and O–H groups in total. The van der Waals surface area contributed by atoms with Gasteiger partial charge in [-0.1, -0.05) is 49.1 Å². The lowest BCUT2D eigenvalue weighted by atomic mass is 10.0. The van der Waals surface area contributed by atoms with E-state index in [1.165, 1.54) is 12.1 Å². The van der Waals surface area contributed by atoms with Crippen molar-refractivity contribution in [1.29, 1.82) is 0 Å². The van der Waals surface area contributed by atoms with Gasteiger partial charge in [0.05, 0.1) is 14.2 Å². The van der Waals surface area contributed by atoms with Gasteiger partial charge in [0.15, 0.2) is 0 Å². The van der Waals surface area contributed by atoms with Crippen LogP contribution in [0.3, 0.4) is 0 Å². The summed E-state index contributed by atoms with van der Waals surface area (Å²) < 4.78 is 0. The van der Waals surface area contributed by atoms with Crippen molar-refractivity contribution in [2.45, 2.75) is 45.2 Å². The smallest absolute Gasteiger partial charge is 0.216 e. The molecule has 1 aromatic rings. The number of nitrogens with one attached hydrogen (secondary N) is 1. The molecule has 4 nitrogen and oxygen atoms in total. The minimum Gasteiger partial charge on any atom is -0.390 e. The Hall–Kier alpha value is -1.17. The fraction of sp³-hybridized carbons (Fsp3) is 0.533. The topological polar surface area (TPSA) is 69.6 Å². The third-order valence-corrected chi connectivity index (χ3v) is 5.32. The van der Waals surface area contributed by atoms with E-state index in [1.54, 1.807) is 0 Å². The molecule has 0 spiro atoms. The molecule has 1 aromatic carbocycles. The molecule has 2 unspecified atom stereocenters. The summed E-state index contributed by atoms with van der Waals surface area (Å²) in [6, 6.07) is 7.81. The average Bonchev–Trinajstić information content (AvgIpc) is 2.36. The first-order valence-electron chi connectivity index (χ1n) is 6.93. The maximum Gasteiger partial charge on any atom is 0.216 e. The largest absolute Gasteiger partial charge is 0.390 e. The first kappa shape index (κ1) is 16.9. The van der Waals surface area contributed by atoms with Gasteiger partial charge in [-0.05, 0) is 12.0 Å². The summed E-state index contributed by atoms with van der Waals surface area (Å²) in [5.41, 5.74) is 0.736. The van der Waals surface area contributed by atoms with Crippen LogP contribution >= 0.6 is 0 Å². The third kappa shape index (κ3) is 5.07. The van der Waals surface area contributed by atoms with E-state index in [-0.39, 0.29) is 5.91 Å². The molecule has 112 valence electrons. The van der Waals surface area contributed by atoms with Crippen LogP contribution in [0.25, 0.3) is 0 Å². The number of carbonyl (C=O) groups is 1. The van der Waals surface area contributed by atoms with Gasteiger partial charge in [0.1, 0.15) is 6.10 Å². The Morgan fingerprint density at radius 2 is 1.95 bits per heavy atom. The number of rotatable bonds is 6. The Morgan fingerprint density at radius 3 is 2.50 bits per heavy atom. The highest BCUT2D eigenvalue weighted by Gasteiger charge is 2.21. The summed E-state index contributed by atoms with van der Waals surface area (Å²) in [7, 11) is -1.44. The molecule has 0 fully saturated rings. The van der Waals surface area contributed by atoms with Gasteiger partial charge in [0.25, 0.3) is 0 Å². The fourth-order valence-electron chi connectivity index (χ4n) is 1.97. The summed E-state index contributed by atoms with van der Waals surface area (Å²) in [6.45, 7) is 8.52. The van der Waals surface area contributed by atoms with E-state index in [4.69, 9.17) is 0 Å². The third-order valence-electron chi connectivity index (χ3n) is 3.27. The molecule has 20 heavy (non-hydrogen) atoms. The number of hydrogen-bond acceptors (Lipinski definition) is 3. The van der Waals surface area contributed by atoms with Crippen molar-refractivity contribution in [3.05, 3.63) is 29.8 Å². The van der Waals surface area contributed by atoms with Gasteiger partial charge in [-0.3, -0.25) is 4.79 Å². The summed E-state index contributed by atoms with van der Waals surface area (Å²) in [4.78, 5) is 10.8. The van der Waals surface area contributed by atoms with E-state index < -0.39 is 20.3 Å². The van der Waals surface area contributed by atoms with Crippen LogP contribution in [0.1, 0.15) is 25.0 Å². The molecule has 0 bridgehead atoms. The SMILES string of the molecule is CC(=O)NCCC(O)C(O)c1cccc([Si](C)(C)C)c1. The molecule has 0 aromatic heterocycles. The summed E-state index contributed by atoms with van der Waals surface area (Å²) in [5.74, 6) is -0.132. The van der Waals surface area contributed by atoms with Gasteiger partial charge in [-0.15, -0.1) is 0 Å². The van der Waals surface area contributed by atoms with Crippen LogP contribution in [-0.4, -0.2) is 36.8 Å². The first-order valence-corrected chi connectivity index (χ1v) is 10.4. The van der Waals surface area contributed by atoms with E-state index in [0.717, 1.165) is 5.56 Å². The minimum absolute atomic E-state index is 0.132. The lowest BCUT2D eigenvalue weighted by Crippen LogP contribution is -2.38. The van der Waals surface area contributed by atoms with E-state index in [9.17, 15) is 15.0 Å². The number of aliphatic hydroxyl groups excluding tert-OH is 2. The monoisotopic (exact) mass is 295 g/mol. The van der Waals surface area contributed by atoms with Crippen molar-refractivity contribution in [2.24, 2.45) is 0 Å². The standard InChI is InChI=1S/C15H25NO3Si/c1-11(17)16-9-8-14(18)15(19)12-6-5-7-13(10-12)20(2,3)4/h5-7,10,14-15,18-19H,8-9H2,1-4H3,(H,16,17). The van der Waals surface area contributed by atoms with Crippen molar-refractivity contribution in [3.8, 4) is 0 Å². The second kappa shape index (κ2) is 7.01. The van der Waals surface area contributed by atoms with Gasteiger partial charge in [0, 0.05) is 13.5 Å². The highest BCUT2D eigenvalue weighted by atomic mass is 28.3. The van der Waals surface area contributed by atoms with Crippen LogP contribution in [0.5, 0.6) is 0 Å². The quantitative estimate of drug-likeness (QED) is 0.690. The Morgan fingerprint density at radius 1 is 1.30 bits per heavy atom. The Kier molecular flexibility index (Phi) is 5.92. The van der Waals surface area contributed by atoms with E-state index in [2.05, 4.69) is 31.0 Å². The van der Waals surface area contributed by atoms with Gasteiger partial charge in [0.2, 0.25) is 5.91 Å². The zero-order chi connectivity index (χ0) is 15.3. The van der Waals surface area contributed by atoms with Crippen LogP contribution in [0.15, 0.2) is 24.3 Å². The van der Waals surface area contributed by atoms with Crippen LogP contribution < -0.4 is 10.5 Å². The second-order valence-electron chi connectivity index (χ2n) is 6.16. The molecule has 2 atom stereocenters. The van der Waals surface area contributed by atoms with Gasteiger partial charge >= 0.3 is 0 Å². The second-order valence-corrected chi connectivity index (χ2v) is 11.2. The molecule has 0 aliphatic rings. The molecule has 0 saturated heterocycles. The van der Waals surface area contributed by atoms with Crippen LogP contribution in [0.4, 0.5) is 0 Å². The zero-order valence-electron chi connectivity index (χ0n) is 12.7. The summed E-state index contributed by atoms with van der Waals surface area (Å²) in [6.07, 6.45) is -1.46. The van der Waals surface area contributed by atoms with Crippen molar-refractivity contribution < 1.29 is 15.0 Å². The van der Waals surface area contributed by atoms with Crippen LogP contribution in [-0.2, 0) is 4.79 Å². The van der Waals surface area contributed by atoms with Crippen LogP contribution in [0, 0.1) is 0 Å². The highest BCUT2D eigenvalue weighted by Crippen LogP contribution is 2.18. The van der Waals surface area contributed by atoms with Crippen molar-refractivity contribution >= 4 is 19.2 Å². The summed E-state index contributed by atoms with van der Waals surface area (Å²) >= 11 is 0. The number of benzene rings is 1. The Labute approximate surface area is 121 Å². The maximum atomic E-state index is 10.8. The van der Waals surface area contributed by atoms with E-state index in [1.807, 2.05) is 18.2 Å². The van der Waals surface area contributed by atoms with Crippen molar-refractivity contribution in [1.82, 2.24) is 5.32 Å². The van der Waals surface area contributed by atoms with Crippen LogP contribution in [0.2, 0.25) is 19.6 Å². The van der Waals surface area contributed by atoms with Gasteiger partial charge < -0.3 is 15.5 Å². The van der Waals surface area contributed by atoms with Crippen molar-refractivity contribution in [2.75, 3.05) is 6.54 Å². The molecular weight excluding hydrogens is 270 g/mol. The van der Waals surface area contributed by atoms with Gasteiger partial charge in [-0.2, -0.15) is 0 Å². The average molecular weight is 295 g/mol. The van der Waals surface area contributed by atoms with E-state index in [0.29, 0.717) is 13.0 Å². The highest BCUT2D eigenvalue weighted by molar-refractivity contribution is 6.88. The molecule has 5 heteroatoms. The number of aliphatic hydroxyl groups is 2. The first-order chi connectivity index (χ1) is 9.21. The minimum atomic E-state index is -1.44. The van der Waals surface area contributed by atoms with Crippen molar-refractivity contribution in [3.63, 3.8) is 0 Å². The lowest BCUT2D eigenvalue weighted by molar-refractivity contribution is -0.119. The molecule has 0 saturated carbocycles. The molecule has 0 aliphatic heterocycles. The molecular formula is C15H25NO3Si. The molecule has 1 rings (SSSR count). The van der Waals surface area contributed by atoms with E-state index >= 15 is 0 Å². The molecule has 0 aliphatic carbocycles. The Balaban J connectivity index is 2.71.